The number of carbonyl (C=O) groups excluding carboxylic acids is 1. The topological polar surface area (TPSA) is 51.5 Å². The lowest BCUT2D eigenvalue weighted by Gasteiger charge is -2.22. The van der Waals surface area contributed by atoms with Crippen molar-refractivity contribution in [1.29, 1.82) is 0 Å². The number of aliphatic hydroxyl groups is 1. The highest BCUT2D eigenvalue weighted by atomic mass is 16.5. The third-order valence-corrected chi connectivity index (χ3v) is 3.50. The highest BCUT2D eigenvalue weighted by Crippen LogP contribution is 2.41. The molecular formula is C14H21NO3. The fourth-order valence-electron chi connectivity index (χ4n) is 2.21. The summed E-state index contributed by atoms with van der Waals surface area (Å²) in [4.78, 5) is 11.6. The van der Waals surface area contributed by atoms with Gasteiger partial charge >= 0.3 is 5.97 Å². The van der Waals surface area contributed by atoms with Gasteiger partial charge < -0.3 is 14.4 Å². The van der Waals surface area contributed by atoms with Crippen molar-refractivity contribution in [2.45, 2.75) is 39.3 Å². The summed E-state index contributed by atoms with van der Waals surface area (Å²) in [5, 5.41) is 10.0. The van der Waals surface area contributed by atoms with E-state index < -0.39 is 5.41 Å². The molecule has 1 fully saturated rings. The lowest BCUT2D eigenvalue weighted by atomic mass is 9.94. The van der Waals surface area contributed by atoms with Crippen LogP contribution in [0.15, 0.2) is 18.5 Å². The highest BCUT2D eigenvalue weighted by molar-refractivity contribution is 5.75. The van der Waals surface area contributed by atoms with Crippen molar-refractivity contribution in [3.8, 4) is 0 Å². The van der Waals surface area contributed by atoms with Crippen LogP contribution < -0.4 is 0 Å². The van der Waals surface area contributed by atoms with E-state index >= 15 is 0 Å². The van der Waals surface area contributed by atoms with Gasteiger partial charge in [0.15, 0.2) is 0 Å². The van der Waals surface area contributed by atoms with Crippen molar-refractivity contribution in [2.75, 3.05) is 7.11 Å². The molecule has 0 saturated heterocycles. The Morgan fingerprint density at radius 3 is 2.83 bits per heavy atom. The maximum absolute atomic E-state index is 11.6. The molecule has 18 heavy (non-hydrogen) atoms. The summed E-state index contributed by atoms with van der Waals surface area (Å²) >= 11 is 0. The summed E-state index contributed by atoms with van der Waals surface area (Å²) < 4.78 is 6.73. The van der Waals surface area contributed by atoms with Crippen molar-refractivity contribution in [3.05, 3.63) is 24.0 Å². The third-order valence-electron chi connectivity index (χ3n) is 3.50. The Balaban J connectivity index is 2.03. The Hall–Kier alpha value is -1.29. The van der Waals surface area contributed by atoms with E-state index in [1.807, 2.05) is 36.9 Å². The van der Waals surface area contributed by atoms with Crippen LogP contribution in [0.5, 0.6) is 0 Å². The van der Waals surface area contributed by atoms with Crippen LogP contribution in [0.2, 0.25) is 0 Å². The Kier molecular flexibility index (Phi) is 3.48. The first-order chi connectivity index (χ1) is 8.44. The Labute approximate surface area is 108 Å². The van der Waals surface area contributed by atoms with E-state index in [-0.39, 0.29) is 12.1 Å². The Morgan fingerprint density at radius 1 is 1.61 bits per heavy atom. The van der Waals surface area contributed by atoms with Crippen LogP contribution in [0.3, 0.4) is 0 Å². The Bertz CT molecular complexity index is 432. The molecule has 1 N–H and O–H groups in total. The minimum atomic E-state index is -0.560. The molecule has 1 aromatic heterocycles. The molecule has 1 aliphatic carbocycles. The summed E-state index contributed by atoms with van der Waals surface area (Å²) in [6, 6.07) is 1.93. The van der Waals surface area contributed by atoms with Crippen molar-refractivity contribution in [2.24, 2.45) is 11.3 Å². The number of hydrogen-bond donors (Lipinski definition) is 1. The number of methoxy groups -OCH3 is 1. The van der Waals surface area contributed by atoms with Gasteiger partial charge in [0.05, 0.1) is 18.6 Å². The average molecular weight is 251 g/mol. The lowest BCUT2D eigenvalue weighted by molar-refractivity contribution is -0.151. The number of aliphatic hydroxyl groups excluding tert-OH is 1. The molecule has 1 aromatic rings. The molecule has 1 atom stereocenters. The molecule has 0 spiro atoms. The molecule has 100 valence electrons. The van der Waals surface area contributed by atoms with Gasteiger partial charge in [0.1, 0.15) is 0 Å². The normalized spacial score (nSPS) is 17.6. The van der Waals surface area contributed by atoms with Crippen LogP contribution in [-0.4, -0.2) is 22.8 Å². The van der Waals surface area contributed by atoms with Gasteiger partial charge in [-0.15, -0.1) is 0 Å². The van der Waals surface area contributed by atoms with Crippen LogP contribution in [0, 0.1) is 11.3 Å². The van der Waals surface area contributed by atoms with E-state index in [4.69, 9.17) is 4.74 Å². The predicted molar refractivity (Wildman–Crippen MR) is 67.9 cm³/mol. The van der Waals surface area contributed by atoms with Gasteiger partial charge in [-0.2, -0.15) is 0 Å². The minimum Gasteiger partial charge on any atom is -0.469 e. The molecule has 1 saturated carbocycles. The first kappa shape index (κ1) is 13.1. The summed E-state index contributed by atoms with van der Waals surface area (Å²) in [6.45, 7) is 4.27. The SMILES string of the molecule is COC(=O)C(C)(C)Cn1ccc(C(O)C2CC2)c1. The number of aromatic nitrogens is 1. The van der Waals surface area contributed by atoms with E-state index in [1.165, 1.54) is 7.11 Å². The zero-order chi connectivity index (χ0) is 13.3. The number of hydrogen-bond acceptors (Lipinski definition) is 3. The van der Waals surface area contributed by atoms with Crippen LogP contribution in [0.25, 0.3) is 0 Å². The van der Waals surface area contributed by atoms with E-state index in [1.54, 1.807) is 0 Å². The standard InChI is InChI=1S/C14H21NO3/c1-14(2,13(17)18-3)9-15-7-6-11(8-15)12(16)10-4-5-10/h6-8,10,12,16H,4-5,9H2,1-3H3. The summed E-state index contributed by atoms with van der Waals surface area (Å²) in [7, 11) is 1.40. The molecule has 0 amide bonds. The van der Waals surface area contributed by atoms with Crippen molar-refractivity contribution >= 4 is 5.97 Å². The van der Waals surface area contributed by atoms with Gasteiger partial charge in [-0.3, -0.25) is 4.79 Å². The number of rotatable bonds is 5. The number of nitrogens with zero attached hydrogens (tertiary/aromatic N) is 1. The Morgan fingerprint density at radius 2 is 2.28 bits per heavy atom. The molecule has 0 aromatic carbocycles. The molecule has 1 heterocycles. The van der Waals surface area contributed by atoms with Gasteiger partial charge in [-0.05, 0) is 44.2 Å². The second-order valence-electron chi connectivity index (χ2n) is 5.77. The second-order valence-corrected chi connectivity index (χ2v) is 5.77. The molecule has 4 nitrogen and oxygen atoms in total. The zero-order valence-electron chi connectivity index (χ0n) is 11.2. The zero-order valence-corrected chi connectivity index (χ0v) is 11.2. The molecular weight excluding hydrogens is 230 g/mol. The molecule has 0 bridgehead atoms. The lowest BCUT2D eigenvalue weighted by Crippen LogP contribution is -2.30. The fourth-order valence-corrected chi connectivity index (χ4v) is 2.21. The minimum absolute atomic E-state index is 0.222. The van der Waals surface area contributed by atoms with Gasteiger partial charge in [-0.1, -0.05) is 0 Å². The molecule has 0 radical (unpaired) electrons. The first-order valence-electron chi connectivity index (χ1n) is 6.36. The van der Waals surface area contributed by atoms with Crippen molar-refractivity contribution in [3.63, 3.8) is 0 Å². The quantitative estimate of drug-likeness (QED) is 0.816. The maximum atomic E-state index is 11.6. The van der Waals surface area contributed by atoms with Crippen molar-refractivity contribution < 1.29 is 14.6 Å². The van der Waals surface area contributed by atoms with Gasteiger partial charge in [0, 0.05) is 18.9 Å². The maximum Gasteiger partial charge on any atom is 0.313 e. The number of ether oxygens (including phenoxy) is 1. The smallest absolute Gasteiger partial charge is 0.313 e. The highest BCUT2D eigenvalue weighted by Gasteiger charge is 2.32. The largest absolute Gasteiger partial charge is 0.469 e. The van der Waals surface area contributed by atoms with Crippen LogP contribution in [-0.2, 0) is 16.1 Å². The molecule has 1 unspecified atom stereocenters. The van der Waals surface area contributed by atoms with Gasteiger partial charge in [-0.25, -0.2) is 0 Å². The van der Waals surface area contributed by atoms with Crippen molar-refractivity contribution in [1.82, 2.24) is 4.57 Å². The van der Waals surface area contributed by atoms with E-state index in [9.17, 15) is 9.90 Å². The van der Waals surface area contributed by atoms with E-state index in [0.717, 1.165) is 18.4 Å². The third kappa shape index (κ3) is 2.75. The number of carbonyl (C=O) groups is 1. The number of esters is 1. The molecule has 1 aliphatic rings. The van der Waals surface area contributed by atoms with E-state index in [2.05, 4.69) is 0 Å². The fraction of sp³-hybridized carbons (Fsp3) is 0.643. The molecule has 2 rings (SSSR count). The van der Waals surface area contributed by atoms with Crippen LogP contribution >= 0.6 is 0 Å². The van der Waals surface area contributed by atoms with Crippen LogP contribution in [0.1, 0.15) is 38.4 Å². The summed E-state index contributed by atoms with van der Waals surface area (Å²) in [5.74, 6) is 0.204. The van der Waals surface area contributed by atoms with E-state index in [0.29, 0.717) is 12.5 Å². The van der Waals surface area contributed by atoms with Gasteiger partial charge in [0.2, 0.25) is 0 Å². The summed E-state index contributed by atoms with van der Waals surface area (Å²) in [5.41, 5.74) is 0.383. The second kappa shape index (κ2) is 4.76. The van der Waals surface area contributed by atoms with Gasteiger partial charge in [0.25, 0.3) is 0 Å². The monoisotopic (exact) mass is 251 g/mol. The summed E-state index contributed by atoms with van der Waals surface area (Å²) in [6.07, 6.45) is 5.70. The first-order valence-corrected chi connectivity index (χ1v) is 6.36. The predicted octanol–water partition coefficient (Wildman–Crippen LogP) is 2.13. The molecule has 4 heteroatoms. The molecule has 0 aliphatic heterocycles. The average Bonchev–Trinajstić information content (AvgIpc) is 3.08. The van der Waals surface area contributed by atoms with Crippen LogP contribution in [0.4, 0.5) is 0 Å².